The Balaban J connectivity index is 1.95. The molecule has 1 N–H and O–H groups in total. The highest BCUT2D eigenvalue weighted by Crippen LogP contribution is 2.18. The third-order valence-corrected chi connectivity index (χ3v) is 5.38. The molecule has 2 amide bonds. The van der Waals surface area contributed by atoms with Crippen molar-refractivity contribution in [1.82, 2.24) is 14.8 Å². The summed E-state index contributed by atoms with van der Waals surface area (Å²) >= 11 is 1.33. The van der Waals surface area contributed by atoms with Crippen LogP contribution in [0.5, 0.6) is 0 Å². The van der Waals surface area contributed by atoms with E-state index in [1.165, 1.54) is 11.3 Å². The third kappa shape index (κ3) is 5.52. The lowest BCUT2D eigenvalue weighted by Gasteiger charge is -2.20. The lowest BCUT2D eigenvalue weighted by Crippen LogP contribution is -2.39. The van der Waals surface area contributed by atoms with Gasteiger partial charge in [0.15, 0.2) is 4.80 Å². The summed E-state index contributed by atoms with van der Waals surface area (Å²) in [4.78, 5) is 32.6. The van der Waals surface area contributed by atoms with Crippen molar-refractivity contribution in [2.45, 2.75) is 13.0 Å². The fourth-order valence-corrected chi connectivity index (χ4v) is 3.72. The van der Waals surface area contributed by atoms with Gasteiger partial charge in [-0.15, -0.1) is 11.3 Å². The number of rotatable bonds is 7. The van der Waals surface area contributed by atoms with Gasteiger partial charge in [0.25, 0.3) is 5.91 Å². The molecule has 0 aliphatic rings. The van der Waals surface area contributed by atoms with E-state index in [4.69, 9.17) is 0 Å². The number of carbonyl (C=O) groups is 2. The van der Waals surface area contributed by atoms with E-state index in [-0.39, 0.29) is 11.8 Å². The van der Waals surface area contributed by atoms with Gasteiger partial charge in [-0.1, -0.05) is 48.0 Å². The molecule has 1 aromatic heterocycles. The number of nitrogens with one attached hydrogen (secondary N) is 1. The van der Waals surface area contributed by atoms with Crippen molar-refractivity contribution in [3.05, 3.63) is 87.7 Å². The van der Waals surface area contributed by atoms with Crippen LogP contribution >= 0.6 is 11.3 Å². The SMILES string of the molecule is Cc1ccc(C(=O)N=c2sccn2[C@@H](C(=O)NCCN(C)C)c2ccccc2)cc1. The molecular formula is C23H26N4O2S. The molecule has 0 fully saturated rings. The summed E-state index contributed by atoms with van der Waals surface area (Å²) in [5.41, 5.74) is 2.44. The first-order valence-corrected chi connectivity index (χ1v) is 10.6. The highest BCUT2D eigenvalue weighted by atomic mass is 32.1. The number of aryl methyl sites for hydroxylation is 1. The Hall–Kier alpha value is -3.03. The number of nitrogens with zero attached hydrogens (tertiary/aromatic N) is 3. The van der Waals surface area contributed by atoms with Crippen molar-refractivity contribution >= 4 is 23.2 Å². The standard InChI is InChI=1S/C23H26N4O2S/c1-17-9-11-19(12-10-17)21(28)25-23-27(15-16-30-23)20(18-7-5-4-6-8-18)22(29)24-13-14-26(2)3/h4-12,15-16,20H,13-14H2,1-3H3,(H,24,29)/t20-/m1/s1. The smallest absolute Gasteiger partial charge is 0.279 e. The fraction of sp³-hybridized carbons (Fsp3) is 0.261. The van der Waals surface area contributed by atoms with Gasteiger partial charge in [-0.05, 0) is 38.7 Å². The van der Waals surface area contributed by atoms with Gasteiger partial charge >= 0.3 is 0 Å². The monoisotopic (exact) mass is 422 g/mol. The molecule has 0 unspecified atom stereocenters. The molecule has 0 aliphatic carbocycles. The van der Waals surface area contributed by atoms with Crippen LogP contribution in [0, 0.1) is 6.92 Å². The second kappa shape index (κ2) is 10.1. The van der Waals surface area contributed by atoms with Gasteiger partial charge in [0, 0.05) is 30.2 Å². The van der Waals surface area contributed by atoms with Gasteiger partial charge < -0.3 is 14.8 Å². The predicted molar refractivity (Wildman–Crippen MR) is 120 cm³/mol. The molecule has 156 valence electrons. The largest absolute Gasteiger partial charge is 0.353 e. The summed E-state index contributed by atoms with van der Waals surface area (Å²) in [5, 5.41) is 4.83. The average Bonchev–Trinajstić information content (AvgIpc) is 3.17. The molecule has 0 spiro atoms. The number of hydrogen-bond acceptors (Lipinski definition) is 4. The first-order chi connectivity index (χ1) is 14.5. The molecule has 0 radical (unpaired) electrons. The van der Waals surface area contributed by atoms with Crippen molar-refractivity contribution in [2.24, 2.45) is 4.99 Å². The van der Waals surface area contributed by atoms with E-state index in [2.05, 4.69) is 10.3 Å². The Bertz CT molecular complexity index is 1050. The summed E-state index contributed by atoms with van der Waals surface area (Å²) < 4.78 is 1.76. The van der Waals surface area contributed by atoms with Crippen molar-refractivity contribution in [1.29, 1.82) is 0 Å². The highest BCUT2D eigenvalue weighted by molar-refractivity contribution is 7.07. The molecule has 2 aromatic carbocycles. The molecule has 0 aliphatic heterocycles. The molecule has 30 heavy (non-hydrogen) atoms. The minimum atomic E-state index is -0.607. The number of benzene rings is 2. The maximum Gasteiger partial charge on any atom is 0.279 e. The van der Waals surface area contributed by atoms with E-state index < -0.39 is 6.04 Å². The molecule has 6 nitrogen and oxygen atoms in total. The Kier molecular flexibility index (Phi) is 7.32. The van der Waals surface area contributed by atoms with E-state index in [9.17, 15) is 9.59 Å². The summed E-state index contributed by atoms with van der Waals surface area (Å²) in [6.45, 7) is 3.25. The Morgan fingerprint density at radius 1 is 1.10 bits per heavy atom. The molecule has 7 heteroatoms. The maximum atomic E-state index is 13.1. The summed E-state index contributed by atoms with van der Waals surface area (Å²) in [5.74, 6) is -0.461. The van der Waals surface area contributed by atoms with Gasteiger partial charge in [-0.3, -0.25) is 9.59 Å². The number of carbonyl (C=O) groups excluding carboxylic acids is 2. The summed E-state index contributed by atoms with van der Waals surface area (Å²) in [6, 6.07) is 16.2. The zero-order valence-electron chi connectivity index (χ0n) is 17.4. The van der Waals surface area contributed by atoms with Gasteiger partial charge in [-0.2, -0.15) is 4.99 Å². The number of amides is 2. The van der Waals surface area contributed by atoms with Crippen LogP contribution in [-0.4, -0.2) is 48.5 Å². The summed E-state index contributed by atoms with van der Waals surface area (Å²) in [6.07, 6.45) is 1.80. The number of thiazole rings is 1. The summed E-state index contributed by atoms with van der Waals surface area (Å²) in [7, 11) is 3.92. The predicted octanol–water partition coefficient (Wildman–Crippen LogP) is 2.87. The van der Waals surface area contributed by atoms with Crippen molar-refractivity contribution in [3.8, 4) is 0 Å². The zero-order chi connectivity index (χ0) is 21.5. The average molecular weight is 423 g/mol. The van der Waals surface area contributed by atoms with E-state index in [1.807, 2.05) is 73.8 Å². The van der Waals surface area contributed by atoms with Crippen LogP contribution in [0.25, 0.3) is 0 Å². The first-order valence-electron chi connectivity index (χ1n) is 9.74. The third-order valence-electron chi connectivity index (χ3n) is 4.61. The Morgan fingerprint density at radius 3 is 2.47 bits per heavy atom. The van der Waals surface area contributed by atoms with Crippen molar-refractivity contribution in [2.75, 3.05) is 27.2 Å². The second-order valence-corrected chi connectivity index (χ2v) is 8.16. The topological polar surface area (TPSA) is 66.7 Å². The molecule has 0 saturated heterocycles. The Morgan fingerprint density at radius 2 is 1.80 bits per heavy atom. The molecular weight excluding hydrogens is 396 g/mol. The van der Waals surface area contributed by atoms with Crippen LogP contribution < -0.4 is 10.1 Å². The van der Waals surface area contributed by atoms with Crippen LogP contribution in [0.15, 0.2) is 71.2 Å². The number of hydrogen-bond donors (Lipinski definition) is 1. The second-order valence-electron chi connectivity index (χ2n) is 7.28. The minimum absolute atomic E-state index is 0.134. The molecule has 3 aromatic rings. The van der Waals surface area contributed by atoms with E-state index in [0.717, 1.165) is 17.7 Å². The highest BCUT2D eigenvalue weighted by Gasteiger charge is 2.23. The van der Waals surface area contributed by atoms with E-state index in [1.54, 1.807) is 22.9 Å². The quantitative estimate of drug-likeness (QED) is 0.637. The first kappa shape index (κ1) is 21.7. The molecule has 0 saturated carbocycles. The molecule has 1 atom stereocenters. The Labute approximate surface area is 180 Å². The lowest BCUT2D eigenvalue weighted by molar-refractivity contribution is -0.123. The van der Waals surface area contributed by atoms with E-state index in [0.29, 0.717) is 16.9 Å². The minimum Gasteiger partial charge on any atom is -0.353 e. The van der Waals surface area contributed by atoms with Gasteiger partial charge in [-0.25, -0.2) is 0 Å². The normalized spacial score (nSPS) is 12.7. The van der Waals surface area contributed by atoms with Gasteiger partial charge in [0.05, 0.1) is 0 Å². The van der Waals surface area contributed by atoms with E-state index >= 15 is 0 Å². The van der Waals surface area contributed by atoms with Crippen LogP contribution in [-0.2, 0) is 4.79 Å². The van der Waals surface area contributed by atoms with Crippen molar-refractivity contribution < 1.29 is 9.59 Å². The zero-order valence-corrected chi connectivity index (χ0v) is 18.2. The van der Waals surface area contributed by atoms with Crippen LogP contribution in [0.4, 0.5) is 0 Å². The van der Waals surface area contributed by atoms with Gasteiger partial charge in [0.1, 0.15) is 6.04 Å². The lowest BCUT2D eigenvalue weighted by atomic mass is 10.1. The number of aromatic nitrogens is 1. The number of likely N-dealkylation sites (N-methyl/N-ethyl adjacent to an activating group) is 1. The van der Waals surface area contributed by atoms with Crippen LogP contribution in [0.3, 0.4) is 0 Å². The maximum absolute atomic E-state index is 13.1. The van der Waals surface area contributed by atoms with Crippen molar-refractivity contribution in [3.63, 3.8) is 0 Å². The molecule has 3 rings (SSSR count). The van der Waals surface area contributed by atoms with Crippen LogP contribution in [0.1, 0.15) is 27.5 Å². The molecule has 0 bridgehead atoms. The fourth-order valence-electron chi connectivity index (χ4n) is 2.98. The van der Waals surface area contributed by atoms with Gasteiger partial charge in [0.2, 0.25) is 5.91 Å². The van der Waals surface area contributed by atoms with Crippen LogP contribution in [0.2, 0.25) is 0 Å². The molecule has 1 heterocycles.